The van der Waals surface area contributed by atoms with Crippen LogP contribution in [-0.4, -0.2) is 27.6 Å². The van der Waals surface area contributed by atoms with Crippen molar-refractivity contribution >= 4 is 11.4 Å². The average Bonchev–Trinajstić information content (AvgIpc) is 3.17. The maximum Gasteiger partial charge on any atom is 0.272 e. The first-order valence-corrected chi connectivity index (χ1v) is 8.54. The van der Waals surface area contributed by atoms with Gasteiger partial charge in [-0.2, -0.15) is 5.10 Å². The van der Waals surface area contributed by atoms with Crippen molar-refractivity contribution in [2.24, 2.45) is 0 Å². The predicted octanol–water partition coefficient (Wildman–Crippen LogP) is 3.33. The van der Waals surface area contributed by atoms with Gasteiger partial charge in [-0.25, -0.2) is 4.52 Å². The zero-order chi connectivity index (χ0) is 18.6. The minimum Gasteiger partial charge on any atom is -0.497 e. The molecule has 27 heavy (non-hydrogen) atoms. The van der Waals surface area contributed by atoms with Crippen LogP contribution < -0.4 is 10.1 Å². The molecule has 0 aliphatic rings. The van der Waals surface area contributed by atoms with Crippen LogP contribution in [0.15, 0.2) is 73.2 Å². The predicted molar refractivity (Wildman–Crippen MR) is 103 cm³/mol. The number of methoxy groups -OCH3 is 1. The molecule has 4 aromatic rings. The molecule has 1 aromatic carbocycles. The van der Waals surface area contributed by atoms with Gasteiger partial charge in [0.05, 0.1) is 12.6 Å². The van der Waals surface area contributed by atoms with Crippen molar-refractivity contribution in [2.75, 3.05) is 7.11 Å². The lowest BCUT2D eigenvalue weighted by Crippen LogP contribution is -2.23. The molecular formula is C21H18N4O2. The fourth-order valence-electron chi connectivity index (χ4n) is 2.96. The number of carbonyl (C=O) groups is 1. The van der Waals surface area contributed by atoms with E-state index in [1.54, 1.807) is 30.1 Å². The van der Waals surface area contributed by atoms with Crippen molar-refractivity contribution in [1.82, 2.24) is 19.9 Å². The minimum absolute atomic E-state index is 0.220. The summed E-state index contributed by atoms with van der Waals surface area (Å²) in [7, 11) is 1.62. The highest BCUT2D eigenvalue weighted by Gasteiger charge is 2.13. The van der Waals surface area contributed by atoms with Crippen LogP contribution in [0.1, 0.15) is 16.1 Å². The molecule has 0 aliphatic carbocycles. The molecule has 6 nitrogen and oxygen atoms in total. The van der Waals surface area contributed by atoms with Crippen molar-refractivity contribution in [3.63, 3.8) is 0 Å². The van der Waals surface area contributed by atoms with Crippen molar-refractivity contribution < 1.29 is 9.53 Å². The topological polar surface area (TPSA) is 68.5 Å². The van der Waals surface area contributed by atoms with E-state index >= 15 is 0 Å². The van der Waals surface area contributed by atoms with E-state index in [4.69, 9.17) is 4.74 Å². The van der Waals surface area contributed by atoms with E-state index in [2.05, 4.69) is 15.4 Å². The molecule has 0 atom stereocenters. The van der Waals surface area contributed by atoms with Crippen LogP contribution in [-0.2, 0) is 6.54 Å². The van der Waals surface area contributed by atoms with Gasteiger partial charge in [-0.3, -0.25) is 9.78 Å². The molecule has 4 rings (SSSR count). The quantitative estimate of drug-likeness (QED) is 0.594. The number of rotatable bonds is 5. The van der Waals surface area contributed by atoms with Crippen molar-refractivity contribution in [1.29, 1.82) is 0 Å². The summed E-state index contributed by atoms with van der Waals surface area (Å²) in [5.41, 5.74) is 4.23. The summed E-state index contributed by atoms with van der Waals surface area (Å²) in [5, 5.41) is 7.32. The van der Waals surface area contributed by atoms with E-state index in [0.29, 0.717) is 12.2 Å². The van der Waals surface area contributed by atoms with Crippen molar-refractivity contribution in [3.8, 4) is 16.9 Å². The first kappa shape index (κ1) is 16.8. The van der Waals surface area contributed by atoms with Crippen molar-refractivity contribution in [3.05, 3.63) is 84.4 Å². The van der Waals surface area contributed by atoms with E-state index in [1.165, 1.54) is 0 Å². The summed E-state index contributed by atoms with van der Waals surface area (Å²) in [5.74, 6) is 0.540. The molecule has 3 heterocycles. The Morgan fingerprint density at radius 2 is 1.96 bits per heavy atom. The van der Waals surface area contributed by atoms with Gasteiger partial charge in [0.15, 0.2) is 5.69 Å². The largest absolute Gasteiger partial charge is 0.497 e. The molecule has 0 aliphatic heterocycles. The number of pyridine rings is 2. The monoisotopic (exact) mass is 358 g/mol. The number of amides is 1. The number of nitrogens with zero attached hydrogens (tertiary/aromatic N) is 3. The maximum atomic E-state index is 12.6. The third kappa shape index (κ3) is 3.50. The Bertz CT molecular complexity index is 1090. The summed E-state index contributed by atoms with van der Waals surface area (Å²) in [6.07, 6.45) is 5.33. The lowest BCUT2D eigenvalue weighted by molar-refractivity contribution is 0.0945. The zero-order valence-corrected chi connectivity index (χ0v) is 14.8. The average molecular weight is 358 g/mol. The second-order valence-electron chi connectivity index (χ2n) is 6.05. The van der Waals surface area contributed by atoms with Crippen LogP contribution in [0.25, 0.3) is 16.6 Å². The Morgan fingerprint density at radius 1 is 1.11 bits per heavy atom. The first-order valence-electron chi connectivity index (χ1n) is 8.54. The Morgan fingerprint density at radius 3 is 2.78 bits per heavy atom. The minimum atomic E-state index is -0.220. The smallest absolute Gasteiger partial charge is 0.272 e. The van der Waals surface area contributed by atoms with Gasteiger partial charge in [0, 0.05) is 30.7 Å². The van der Waals surface area contributed by atoms with Gasteiger partial charge in [-0.1, -0.05) is 18.2 Å². The summed E-state index contributed by atoms with van der Waals surface area (Å²) in [4.78, 5) is 16.6. The Labute approximate surface area is 156 Å². The molecule has 0 bridgehead atoms. The second kappa shape index (κ2) is 7.29. The van der Waals surface area contributed by atoms with E-state index in [-0.39, 0.29) is 5.91 Å². The number of nitrogens with one attached hydrogen (secondary N) is 1. The van der Waals surface area contributed by atoms with Gasteiger partial charge >= 0.3 is 0 Å². The Kier molecular flexibility index (Phi) is 4.53. The molecule has 134 valence electrons. The van der Waals surface area contributed by atoms with E-state index in [1.807, 2.05) is 54.7 Å². The first-order chi connectivity index (χ1) is 13.2. The standard InChI is InChI=1S/C21H18N4O2/c1-27-17-5-2-4-15(12-17)14-23-21(26)19-13-20-18(6-3-11-25(20)24-19)16-7-9-22-10-8-16/h2-13H,14H2,1H3,(H,23,26). The fraction of sp³-hybridized carbons (Fsp3) is 0.0952. The summed E-state index contributed by atoms with van der Waals surface area (Å²) >= 11 is 0. The maximum absolute atomic E-state index is 12.6. The molecular weight excluding hydrogens is 340 g/mol. The van der Waals surface area contributed by atoms with Crippen LogP contribution >= 0.6 is 0 Å². The fourth-order valence-corrected chi connectivity index (χ4v) is 2.96. The molecule has 0 fully saturated rings. The highest BCUT2D eigenvalue weighted by Crippen LogP contribution is 2.24. The molecule has 0 unspecified atom stereocenters. The lowest BCUT2D eigenvalue weighted by atomic mass is 10.1. The molecule has 0 saturated heterocycles. The van der Waals surface area contributed by atoms with Crippen LogP contribution in [0.4, 0.5) is 0 Å². The van der Waals surface area contributed by atoms with E-state index < -0.39 is 0 Å². The highest BCUT2D eigenvalue weighted by atomic mass is 16.5. The molecule has 0 saturated carbocycles. The second-order valence-corrected chi connectivity index (χ2v) is 6.05. The summed E-state index contributed by atoms with van der Waals surface area (Å²) in [6.45, 7) is 0.404. The summed E-state index contributed by atoms with van der Waals surface area (Å²) in [6, 6.07) is 17.2. The van der Waals surface area contributed by atoms with Gasteiger partial charge in [0.2, 0.25) is 0 Å². The van der Waals surface area contributed by atoms with E-state index in [0.717, 1.165) is 28.0 Å². The van der Waals surface area contributed by atoms with Crippen molar-refractivity contribution in [2.45, 2.75) is 6.54 Å². The number of hydrogen-bond donors (Lipinski definition) is 1. The third-order valence-electron chi connectivity index (χ3n) is 4.31. The Hall–Kier alpha value is -3.67. The van der Waals surface area contributed by atoms with Gasteiger partial charge in [-0.05, 0) is 47.5 Å². The van der Waals surface area contributed by atoms with Crippen LogP contribution in [0.2, 0.25) is 0 Å². The van der Waals surface area contributed by atoms with Crippen LogP contribution in [0.3, 0.4) is 0 Å². The molecule has 6 heteroatoms. The SMILES string of the molecule is COc1cccc(CNC(=O)c2cc3c(-c4ccncc4)cccn3n2)c1. The zero-order valence-electron chi connectivity index (χ0n) is 14.8. The highest BCUT2D eigenvalue weighted by molar-refractivity contribution is 5.95. The number of carbonyl (C=O) groups excluding carboxylic acids is 1. The van der Waals surface area contributed by atoms with Crippen LogP contribution in [0, 0.1) is 0 Å². The lowest BCUT2D eigenvalue weighted by Gasteiger charge is -2.05. The van der Waals surface area contributed by atoms with Gasteiger partial charge in [-0.15, -0.1) is 0 Å². The molecule has 1 N–H and O–H groups in total. The number of ether oxygens (including phenoxy) is 1. The number of fused-ring (bicyclic) bond motifs is 1. The third-order valence-corrected chi connectivity index (χ3v) is 4.31. The molecule has 3 aromatic heterocycles. The van der Waals surface area contributed by atoms with Gasteiger partial charge < -0.3 is 10.1 Å². The number of aromatic nitrogens is 3. The molecule has 1 amide bonds. The normalized spacial score (nSPS) is 10.7. The summed E-state index contributed by atoms with van der Waals surface area (Å²) < 4.78 is 6.93. The Balaban J connectivity index is 1.57. The number of hydrogen-bond acceptors (Lipinski definition) is 4. The van der Waals surface area contributed by atoms with Crippen LogP contribution in [0.5, 0.6) is 5.75 Å². The molecule has 0 radical (unpaired) electrons. The van der Waals surface area contributed by atoms with Gasteiger partial charge in [0.25, 0.3) is 5.91 Å². The molecule has 0 spiro atoms. The number of benzene rings is 1. The van der Waals surface area contributed by atoms with E-state index in [9.17, 15) is 4.79 Å². The van der Waals surface area contributed by atoms with Gasteiger partial charge in [0.1, 0.15) is 5.75 Å².